The van der Waals surface area contributed by atoms with Gasteiger partial charge in [-0.15, -0.1) is 11.3 Å². The van der Waals surface area contributed by atoms with E-state index in [1.54, 1.807) is 4.88 Å². The van der Waals surface area contributed by atoms with Gasteiger partial charge in [0.05, 0.1) is 10.7 Å². The third kappa shape index (κ3) is 2.35. The summed E-state index contributed by atoms with van der Waals surface area (Å²) in [6.07, 6.45) is 6.33. The van der Waals surface area contributed by atoms with E-state index >= 15 is 0 Å². The molecule has 1 aliphatic rings. The molecule has 1 heterocycles. The van der Waals surface area contributed by atoms with Gasteiger partial charge in [-0.3, -0.25) is 0 Å². The highest BCUT2D eigenvalue weighted by molar-refractivity contribution is 7.11. The Balaban J connectivity index is 2.16. The number of aromatic nitrogens is 1. The van der Waals surface area contributed by atoms with Gasteiger partial charge in [-0.25, -0.2) is 4.98 Å². The van der Waals surface area contributed by atoms with Crippen molar-refractivity contribution in [3.8, 4) is 0 Å². The van der Waals surface area contributed by atoms with Crippen LogP contribution in [0.5, 0.6) is 0 Å². The summed E-state index contributed by atoms with van der Waals surface area (Å²) in [4.78, 5) is 6.32. The van der Waals surface area contributed by atoms with E-state index in [1.165, 1.54) is 36.4 Å². The summed E-state index contributed by atoms with van der Waals surface area (Å²) < 4.78 is 0. The minimum atomic E-state index is 0.375. The molecule has 0 unspecified atom stereocenters. The molecule has 2 heteroatoms. The van der Waals surface area contributed by atoms with E-state index in [9.17, 15) is 0 Å². The van der Waals surface area contributed by atoms with Crippen molar-refractivity contribution in [3.63, 3.8) is 0 Å². The molecular formula is C12H19NS. The molecule has 0 radical (unpaired) electrons. The van der Waals surface area contributed by atoms with Crippen LogP contribution in [0.25, 0.3) is 0 Å². The van der Waals surface area contributed by atoms with Crippen molar-refractivity contribution in [1.82, 2.24) is 4.98 Å². The Morgan fingerprint density at radius 2 is 1.93 bits per heavy atom. The first kappa shape index (κ1) is 10.2. The Bertz CT molecular complexity index is 296. The first-order valence-corrected chi connectivity index (χ1v) is 6.34. The Morgan fingerprint density at radius 1 is 1.21 bits per heavy atom. The second-order valence-corrected chi connectivity index (χ2v) is 6.59. The van der Waals surface area contributed by atoms with Crippen molar-refractivity contribution < 1.29 is 0 Å². The molecule has 0 bridgehead atoms. The second kappa shape index (κ2) is 3.65. The highest BCUT2D eigenvalue weighted by Crippen LogP contribution is 2.30. The van der Waals surface area contributed by atoms with Crippen LogP contribution < -0.4 is 0 Å². The molecule has 0 aromatic carbocycles. The van der Waals surface area contributed by atoms with Crippen LogP contribution in [-0.2, 0) is 19.3 Å². The molecule has 0 N–H and O–H groups in total. The van der Waals surface area contributed by atoms with Crippen molar-refractivity contribution in [2.24, 2.45) is 5.41 Å². The third-order valence-electron chi connectivity index (χ3n) is 2.57. The fourth-order valence-electron chi connectivity index (χ4n) is 1.93. The molecule has 0 aliphatic heterocycles. The Kier molecular flexibility index (Phi) is 2.65. The molecule has 2 rings (SSSR count). The minimum absolute atomic E-state index is 0.375. The van der Waals surface area contributed by atoms with Crippen molar-refractivity contribution in [3.05, 3.63) is 15.6 Å². The van der Waals surface area contributed by atoms with Gasteiger partial charge in [0.15, 0.2) is 0 Å². The number of hydrogen-bond donors (Lipinski definition) is 0. The maximum Gasteiger partial charge on any atom is 0.0936 e. The average molecular weight is 209 g/mol. The van der Waals surface area contributed by atoms with Crippen LogP contribution in [0.15, 0.2) is 0 Å². The summed E-state index contributed by atoms with van der Waals surface area (Å²) in [6, 6.07) is 0. The average Bonchev–Trinajstić information content (AvgIpc) is 2.42. The quantitative estimate of drug-likeness (QED) is 0.688. The Labute approximate surface area is 90.6 Å². The molecule has 1 aromatic rings. The molecular weight excluding hydrogens is 190 g/mol. The predicted octanol–water partition coefficient (Wildman–Crippen LogP) is 3.61. The number of aryl methyl sites for hydroxylation is 2. The standard InChI is InChI=1S/C12H19NS/c1-12(2,3)8-11-13-9-6-4-5-7-10(9)14-11/h4-8H2,1-3H3. The van der Waals surface area contributed by atoms with Crippen LogP contribution in [0.2, 0.25) is 0 Å². The molecule has 0 amide bonds. The smallest absolute Gasteiger partial charge is 0.0936 e. The van der Waals surface area contributed by atoms with Crippen molar-refractivity contribution in [1.29, 1.82) is 0 Å². The zero-order valence-electron chi connectivity index (χ0n) is 9.39. The lowest BCUT2D eigenvalue weighted by atomic mass is 9.93. The fraction of sp³-hybridized carbons (Fsp3) is 0.750. The first-order chi connectivity index (χ1) is 6.54. The van der Waals surface area contributed by atoms with Crippen LogP contribution >= 0.6 is 11.3 Å². The molecule has 1 aromatic heterocycles. The van der Waals surface area contributed by atoms with Gasteiger partial charge in [-0.1, -0.05) is 20.8 Å². The SMILES string of the molecule is CC(C)(C)Cc1nc2c(s1)CCCC2. The third-order valence-corrected chi connectivity index (χ3v) is 3.73. The molecule has 0 fully saturated rings. The molecule has 0 spiro atoms. The fourth-order valence-corrected chi connectivity index (χ4v) is 3.39. The number of fused-ring (bicyclic) bond motifs is 1. The molecule has 14 heavy (non-hydrogen) atoms. The van der Waals surface area contributed by atoms with Crippen LogP contribution in [0, 0.1) is 5.41 Å². The Morgan fingerprint density at radius 3 is 2.57 bits per heavy atom. The van der Waals surface area contributed by atoms with Gasteiger partial charge in [0.1, 0.15) is 0 Å². The normalized spacial score (nSPS) is 16.8. The summed E-state index contributed by atoms with van der Waals surface area (Å²) in [7, 11) is 0. The zero-order valence-corrected chi connectivity index (χ0v) is 10.2. The van der Waals surface area contributed by atoms with Crippen molar-refractivity contribution in [2.45, 2.75) is 52.9 Å². The van der Waals surface area contributed by atoms with E-state index < -0.39 is 0 Å². The van der Waals surface area contributed by atoms with E-state index in [4.69, 9.17) is 4.98 Å². The number of nitrogens with zero attached hydrogens (tertiary/aromatic N) is 1. The highest BCUT2D eigenvalue weighted by Gasteiger charge is 2.18. The summed E-state index contributed by atoms with van der Waals surface area (Å²) >= 11 is 1.95. The molecule has 0 atom stereocenters. The van der Waals surface area contributed by atoms with Crippen molar-refractivity contribution in [2.75, 3.05) is 0 Å². The summed E-state index contributed by atoms with van der Waals surface area (Å²) in [6.45, 7) is 6.86. The maximum atomic E-state index is 4.75. The molecule has 0 saturated carbocycles. The topological polar surface area (TPSA) is 12.9 Å². The van der Waals surface area contributed by atoms with Gasteiger partial charge < -0.3 is 0 Å². The van der Waals surface area contributed by atoms with E-state index in [2.05, 4.69) is 20.8 Å². The van der Waals surface area contributed by atoms with E-state index in [0.29, 0.717) is 5.41 Å². The van der Waals surface area contributed by atoms with Crippen molar-refractivity contribution >= 4 is 11.3 Å². The van der Waals surface area contributed by atoms with Gasteiger partial charge >= 0.3 is 0 Å². The number of thiazole rings is 1. The van der Waals surface area contributed by atoms with Gasteiger partial charge in [0.25, 0.3) is 0 Å². The van der Waals surface area contributed by atoms with Gasteiger partial charge in [-0.2, -0.15) is 0 Å². The number of rotatable bonds is 1. The van der Waals surface area contributed by atoms with Gasteiger partial charge in [0, 0.05) is 11.3 Å². The van der Waals surface area contributed by atoms with Crippen LogP contribution in [-0.4, -0.2) is 4.98 Å². The molecule has 1 nitrogen and oxygen atoms in total. The maximum absolute atomic E-state index is 4.75. The molecule has 78 valence electrons. The van der Waals surface area contributed by atoms with Gasteiger partial charge in [0.2, 0.25) is 0 Å². The lowest BCUT2D eigenvalue weighted by molar-refractivity contribution is 0.410. The Hall–Kier alpha value is -0.370. The monoisotopic (exact) mass is 209 g/mol. The zero-order chi connectivity index (χ0) is 10.2. The lowest BCUT2D eigenvalue weighted by Crippen LogP contribution is -2.08. The summed E-state index contributed by atoms with van der Waals surface area (Å²) in [5.74, 6) is 0. The van der Waals surface area contributed by atoms with Crippen LogP contribution in [0.3, 0.4) is 0 Å². The van der Waals surface area contributed by atoms with Gasteiger partial charge in [-0.05, 0) is 31.1 Å². The van der Waals surface area contributed by atoms with E-state index in [0.717, 1.165) is 6.42 Å². The summed E-state index contributed by atoms with van der Waals surface area (Å²) in [5, 5.41) is 1.35. The first-order valence-electron chi connectivity index (χ1n) is 5.52. The molecule has 1 aliphatic carbocycles. The highest BCUT2D eigenvalue weighted by atomic mass is 32.1. The minimum Gasteiger partial charge on any atom is -0.246 e. The lowest BCUT2D eigenvalue weighted by Gasteiger charge is -2.15. The summed E-state index contributed by atoms with van der Waals surface area (Å²) in [5.41, 5.74) is 1.78. The van der Waals surface area contributed by atoms with E-state index in [-0.39, 0.29) is 0 Å². The molecule has 0 saturated heterocycles. The van der Waals surface area contributed by atoms with E-state index in [1.807, 2.05) is 11.3 Å². The second-order valence-electron chi connectivity index (χ2n) is 5.42. The number of hydrogen-bond acceptors (Lipinski definition) is 2. The largest absolute Gasteiger partial charge is 0.246 e. The van der Waals surface area contributed by atoms with Crippen LogP contribution in [0.1, 0.15) is 49.2 Å². The van der Waals surface area contributed by atoms with Crippen LogP contribution in [0.4, 0.5) is 0 Å². The predicted molar refractivity (Wildman–Crippen MR) is 61.9 cm³/mol.